The lowest BCUT2D eigenvalue weighted by atomic mass is 10.3. The van der Waals surface area contributed by atoms with Crippen molar-refractivity contribution >= 4 is 20.0 Å². The molecule has 0 amide bonds. The molecule has 0 unspecified atom stereocenters. The largest absolute Gasteiger partial charge is 0.360 e. The molecule has 0 aliphatic heterocycles. The van der Waals surface area contributed by atoms with Gasteiger partial charge in [-0.05, 0) is 24.4 Å². The third-order valence-corrected chi connectivity index (χ3v) is 3.25. The Hall–Kier alpha value is -1.09. The summed E-state index contributed by atoms with van der Waals surface area (Å²) in [6.45, 7) is 4.53. The summed E-state index contributed by atoms with van der Waals surface area (Å²) in [6.07, 6.45) is 3.98. The maximum absolute atomic E-state index is 4.35. The molecule has 61 valence electrons. The first-order chi connectivity index (χ1) is 5.79. The van der Waals surface area contributed by atoms with E-state index in [1.54, 1.807) is 0 Å². The van der Waals surface area contributed by atoms with Crippen LogP contribution >= 0.6 is 0 Å². The summed E-state index contributed by atoms with van der Waals surface area (Å²) in [5.74, 6) is 0. The third kappa shape index (κ3) is 1.06. The van der Waals surface area contributed by atoms with Gasteiger partial charge < -0.3 is 4.23 Å². The molecule has 2 rings (SSSR count). The molecule has 2 heterocycles. The van der Waals surface area contributed by atoms with Crippen molar-refractivity contribution in [3.63, 3.8) is 0 Å². The summed E-state index contributed by atoms with van der Waals surface area (Å²) in [6, 6.07) is 6.20. The fourth-order valence-electron chi connectivity index (χ4n) is 1.33. The fourth-order valence-corrected chi connectivity index (χ4v) is 2.31. The average molecular weight is 175 g/mol. The average Bonchev–Trinajstić information content (AvgIpc) is 2.47. The van der Waals surface area contributed by atoms with Crippen LogP contribution in [-0.4, -0.2) is 18.2 Å². The van der Waals surface area contributed by atoms with Gasteiger partial charge in [0.25, 0.3) is 0 Å². The number of fused-ring (bicyclic) bond motifs is 1. The second-order valence-electron chi connectivity index (χ2n) is 3.05. The van der Waals surface area contributed by atoms with Crippen molar-refractivity contribution in [3.05, 3.63) is 30.6 Å². The zero-order valence-corrected chi connectivity index (χ0v) is 8.28. The van der Waals surface area contributed by atoms with Crippen LogP contribution in [0.2, 0.25) is 13.1 Å². The van der Waals surface area contributed by atoms with Gasteiger partial charge in [0, 0.05) is 11.6 Å². The van der Waals surface area contributed by atoms with Crippen molar-refractivity contribution in [2.75, 3.05) is 0 Å². The number of rotatable bonds is 1. The Bertz CT molecular complexity index is 392. The molecule has 0 aliphatic rings. The Morgan fingerprint density at radius 3 is 2.92 bits per heavy atom. The SMILES string of the molecule is C[Si](C)n1ccc2cccnc21. The van der Waals surface area contributed by atoms with Crippen molar-refractivity contribution in [3.8, 4) is 0 Å². The predicted octanol–water partition coefficient (Wildman–Crippen LogP) is 2.14. The highest BCUT2D eigenvalue weighted by Crippen LogP contribution is 2.12. The molecule has 0 spiro atoms. The normalized spacial score (nSPS) is 11.2. The van der Waals surface area contributed by atoms with E-state index in [4.69, 9.17) is 0 Å². The van der Waals surface area contributed by atoms with Gasteiger partial charge >= 0.3 is 0 Å². The molecule has 0 aliphatic carbocycles. The van der Waals surface area contributed by atoms with E-state index in [1.165, 1.54) is 5.39 Å². The van der Waals surface area contributed by atoms with E-state index in [9.17, 15) is 0 Å². The number of pyridine rings is 1. The lowest BCUT2D eigenvalue weighted by Crippen LogP contribution is -2.14. The van der Waals surface area contributed by atoms with Crippen molar-refractivity contribution in [2.24, 2.45) is 0 Å². The van der Waals surface area contributed by atoms with Crippen LogP contribution in [0.5, 0.6) is 0 Å². The van der Waals surface area contributed by atoms with Gasteiger partial charge in [-0.15, -0.1) is 0 Å². The van der Waals surface area contributed by atoms with Gasteiger partial charge in [-0.3, -0.25) is 0 Å². The third-order valence-electron chi connectivity index (χ3n) is 1.93. The first kappa shape index (κ1) is 7.55. The Kier molecular flexibility index (Phi) is 1.73. The quantitative estimate of drug-likeness (QED) is 0.607. The van der Waals surface area contributed by atoms with Crippen LogP contribution in [-0.2, 0) is 0 Å². The number of hydrogen-bond acceptors (Lipinski definition) is 1. The van der Waals surface area contributed by atoms with Gasteiger partial charge in [0.15, 0.2) is 8.96 Å². The highest BCUT2D eigenvalue weighted by atomic mass is 28.3. The van der Waals surface area contributed by atoms with Crippen molar-refractivity contribution in [2.45, 2.75) is 13.1 Å². The van der Waals surface area contributed by atoms with Gasteiger partial charge in [0.2, 0.25) is 0 Å². The zero-order chi connectivity index (χ0) is 8.55. The molecule has 0 saturated carbocycles. The monoisotopic (exact) mass is 175 g/mol. The zero-order valence-electron chi connectivity index (χ0n) is 7.28. The number of nitrogens with zero attached hydrogens (tertiary/aromatic N) is 2. The van der Waals surface area contributed by atoms with Gasteiger partial charge in [-0.1, -0.05) is 13.1 Å². The van der Waals surface area contributed by atoms with Gasteiger partial charge in [-0.2, -0.15) is 0 Å². The summed E-state index contributed by atoms with van der Waals surface area (Å²) >= 11 is 0. The maximum atomic E-state index is 4.35. The van der Waals surface area contributed by atoms with E-state index in [0.717, 1.165) is 5.65 Å². The Balaban J connectivity index is 2.70. The Labute approximate surface area is 73.5 Å². The Morgan fingerprint density at radius 1 is 1.33 bits per heavy atom. The molecule has 2 aromatic heterocycles. The van der Waals surface area contributed by atoms with Crippen LogP contribution < -0.4 is 0 Å². The summed E-state index contributed by atoms with van der Waals surface area (Å²) in [5.41, 5.74) is 1.12. The molecule has 0 saturated heterocycles. The molecule has 0 N–H and O–H groups in total. The van der Waals surface area contributed by atoms with E-state index in [-0.39, 0.29) is 0 Å². The second-order valence-corrected chi connectivity index (χ2v) is 5.43. The molecular weight excluding hydrogens is 164 g/mol. The number of hydrogen-bond donors (Lipinski definition) is 0. The van der Waals surface area contributed by atoms with E-state index in [0.29, 0.717) is 0 Å². The first-order valence-electron chi connectivity index (χ1n) is 4.01. The molecule has 3 heteroatoms. The van der Waals surface area contributed by atoms with Crippen molar-refractivity contribution in [1.82, 2.24) is 9.22 Å². The molecular formula is C9H11N2Si. The lowest BCUT2D eigenvalue weighted by Gasteiger charge is -2.04. The standard InChI is InChI=1S/C9H11N2Si/c1-12(2)11-7-5-8-4-3-6-10-9(8)11/h3-7H,1-2H3. The highest BCUT2D eigenvalue weighted by Gasteiger charge is 2.04. The topological polar surface area (TPSA) is 17.8 Å². The molecule has 1 radical (unpaired) electrons. The summed E-state index contributed by atoms with van der Waals surface area (Å²) in [4.78, 5) is 4.35. The minimum Gasteiger partial charge on any atom is -0.360 e. The van der Waals surface area contributed by atoms with Crippen molar-refractivity contribution in [1.29, 1.82) is 0 Å². The smallest absolute Gasteiger partial charge is 0.170 e. The second kappa shape index (κ2) is 2.75. The van der Waals surface area contributed by atoms with E-state index in [2.05, 4.69) is 40.6 Å². The van der Waals surface area contributed by atoms with Crippen LogP contribution in [0.3, 0.4) is 0 Å². The first-order valence-corrected chi connectivity index (χ1v) is 6.46. The maximum Gasteiger partial charge on any atom is 0.170 e. The van der Waals surface area contributed by atoms with E-state index in [1.807, 2.05) is 12.3 Å². The molecule has 0 bridgehead atoms. The predicted molar refractivity (Wildman–Crippen MR) is 52.6 cm³/mol. The molecule has 2 aromatic rings. The Morgan fingerprint density at radius 2 is 2.17 bits per heavy atom. The minimum absolute atomic E-state index is 0.440. The van der Waals surface area contributed by atoms with Crippen LogP contribution in [0.25, 0.3) is 11.0 Å². The van der Waals surface area contributed by atoms with E-state index < -0.39 is 8.96 Å². The van der Waals surface area contributed by atoms with Crippen LogP contribution in [0, 0.1) is 0 Å². The fraction of sp³-hybridized carbons (Fsp3) is 0.222. The van der Waals surface area contributed by atoms with Gasteiger partial charge in [0.05, 0.1) is 0 Å². The van der Waals surface area contributed by atoms with Crippen LogP contribution in [0.15, 0.2) is 30.6 Å². The molecule has 2 nitrogen and oxygen atoms in total. The molecule has 0 fully saturated rings. The molecule has 0 atom stereocenters. The van der Waals surface area contributed by atoms with Gasteiger partial charge in [-0.25, -0.2) is 4.98 Å². The highest BCUT2D eigenvalue weighted by molar-refractivity contribution is 6.55. The summed E-state index contributed by atoms with van der Waals surface area (Å²) in [5, 5.41) is 1.24. The summed E-state index contributed by atoms with van der Waals surface area (Å²) in [7, 11) is -0.440. The van der Waals surface area contributed by atoms with Gasteiger partial charge in [0.1, 0.15) is 5.65 Å². The molecule has 0 aromatic carbocycles. The van der Waals surface area contributed by atoms with E-state index >= 15 is 0 Å². The number of aromatic nitrogens is 2. The lowest BCUT2D eigenvalue weighted by molar-refractivity contribution is 1.19. The van der Waals surface area contributed by atoms with Crippen LogP contribution in [0.4, 0.5) is 0 Å². The van der Waals surface area contributed by atoms with Crippen molar-refractivity contribution < 1.29 is 0 Å². The molecule has 12 heavy (non-hydrogen) atoms. The summed E-state index contributed by atoms with van der Waals surface area (Å²) < 4.78 is 2.28. The van der Waals surface area contributed by atoms with Crippen LogP contribution in [0.1, 0.15) is 0 Å². The minimum atomic E-state index is -0.440.